The van der Waals surface area contributed by atoms with Gasteiger partial charge in [-0.25, -0.2) is 4.98 Å². The van der Waals surface area contributed by atoms with Crippen LogP contribution in [0, 0.1) is 11.8 Å². The maximum Gasteiger partial charge on any atom is 0.106 e. The predicted octanol–water partition coefficient (Wildman–Crippen LogP) is 4.55. The molecule has 114 valence electrons. The Morgan fingerprint density at radius 1 is 1.29 bits per heavy atom. The fourth-order valence-corrected chi connectivity index (χ4v) is 3.02. The van der Waals surface area contributed by atoms with Crippen LogP contribution >= 0.6 is 23.2 Å². The molecule has 1 heterocycles. The number of imidazole rings is 1. The van der Waals surface area contributed by atoms with E-state index in [9.17, 15) is 0 Å². The van der Waals surface area contributed by atoms with Crippen molar-refractivity contribution in [3.05, 3.63) is 40.3 Å². The summed E-state index contributed by atoms with van der Waals surface area (Å²) in [5, 5.41) is 1.25. The van der Waals surface area contributed by atoms with Crippen LogP contribution in [-0.4, -0.2) is 16.5 Å². The number of rotatable bonds is 6. The Bertz CT molecular complexity index is 593. The van der Waals surface area contributed by atoms with Gasteiger partial charge in [-0.15, -0.1) is 0 Å². The van der Waals surface area contributed by atoms with E-state index < -0.39 is 0 Å². The first-order valence-corrected chi connectivity index (χ1v) is 7.94. The van der Waals surface area contributed by atoms with Crippen molar-refractivity contribution in [1.29, 1.82) is 0 Å². The molecule has 0 bridgehead atoms. The summed E-state index contributed by atoms with van der Waals surface area (Å²) in [7, 11) is 0. The monoisotopic (exact) mass is 325 g/mol. The van der Waals surface area contributed by atoms with Gasteiger partial charge in [0.1, 0.15) is 5.82 Å². The van der Waals surface area contributed by atoms with Gasteiger partial charge >= 0.3 is 0 Å². The molecule has 3 nitrogen and oxygen atoms in total. The minimum atomic E-state index is 0.449. The van der Waals surface area contributed by atoms with E-state index in [0.717, 1.165) is 29.9 Å². The number of aromatic amines is 1. The van der Waals surface area contributed by atoms with Crippen molar-refractivity contribution in [3.63, 3.8) is 0 Å². The van der Waals surface area contributed by atoms with Gasteiger partial charge in [-0.05, 0) is 43.0 Å². The molecule has 0 fully saturated rings. The normalized spacial score (nSPS) is 12.9. The van der Waals surface area contributed by atoms with Gasteiger partial charge in [-0.3, -0.25) is 0 Å². The molecule has 0 spiro atoms. The maximum atomic E-state index is 6.22. The third-order valence-electron chi connectivity index (χ3n) is 3.47. The predicted molar refractivity (Wildman–Crippen MR) is 89.7 cm³/mol. The van der Waals surface area contributed by atoms with Crippen LogP contribution in [0.25, 0.3) is 11.3 Å². The molecule has 0 saturated carbocycles. The molecular formula is C16H21Cl2N3. The highest BCUT2D eigenvalue weighted by Gasteiger charge is 2.13. The lowest BCUT2D eigenvalue weighted by Gasteiger charge is -2.15. The van der Waals surface area contributed by atoms with E-state index in [0.29, 0.717) is 28.4 Å². The van der Waals surface area contributed by atoms with Crippen LogP contribution in [0.5, 0.6) is 0 Å². The van der Waals surface area contributed by atoms with Crippen molar-refractivity contribution < 1.29 is 0 Å². The lowest BCUT2D eigenvalue weighted by Crippen LogP contribution is -2.19. The number of hydrogen-bond donors (Lipinski definition) is 2. The second kappa shape index (κ2) is 7.30. The van der Waals surface area contributed by atoms with Crippen molar-refractivity contribution >= 4 is 23.2 Å². The molecule has 1 atom stereocenters. The van der Waals surface area contributed by atoms with Crippen LogP contribution in [0.1, 0.15) is 26.1 Å². The topological polar surface area (TPSA) is 54.7 Å². The molecule has 0 amide bonds. The van der Waals surface area contributed by atoms with Crippen LogP contribution in [0.15, 0.2) is 24.4 Å². The molecule has 1 aromatic heterocycles. The van der Waals surface area contributed by atoms with Crippen molar-refractivity contribution in [1.82, 2.24) is 9.97 Å². The summed E-state index contributed by atoms with van der Waals surface area (Å²) in [5.74, 6) is 2.04. The van der Waals surface area contributed by atoms with Gasteiger partial charge < -0.3 is 10.7 Å². The molecule has 0 radical (unpaired) electrons. The largest absolute Gasteiger partial charge is 0.342 e. The van der Waals surface area contributed by atoms with E-state index in [1.807, 2.05) is 18.3 Å². The van der Waals surface area contributed by atoms with Crippen molar-refractivity contribution in [2.24, 2.45) is 17.6 Å². The molecule has 0 aliphatic rings. The average Bonchev–Trinajstić information content (AvgIpc) is 2.85. The number of aromatic nitrogens is 2. The second-order valence-corrected chi connectivity index (χ2v) is 6.65. The SMILES string of the molecule is CC(C)CC(CN)Cc1ncc(-c2ccc(Cl)cc2Cl)[nH]1. The number of H-pyrrole nitrogens is 1. The summed E-state index contributed by atoms with van der Waals surface area (Å²) in [6.45, 7) is 5.10. The Labute approximate surface area is 135 Å². The van der Waals surface area contributed by atoms with Crippen LogP contribution in [0.4, 0.5) is 0 Å². The molecular weight excluding hydrogens is 305 g/mol. The van der Waals surface area contributed by atoms with Gasteiger partial charge in [0, 0.05) is 17.0 Å². The van der Waals surface area contributed by atoms with Gasteiger partial charge in [0.2, 0.25) is 0 Å². The zero-order valence-electron chi connectivity index (χ0n) is 12.4. The van der Waals surface area contributed by atoms with E-state index in [-0.39, 0.29) is 0 Å². The minimum absolute atomic E-state index is 0.449. The maximum absolute atomic E-state index is 6.22. The molecule has 2 rings (SSSR count). The summed E-state index contributed by atoms with van der Waals surface area (Å²) >= 11 is 12.1. The van der Waals surface area contributed by atoms with Gasteiger partial charge in [-0.2, -0.15) is 0 Å². The minimum Gasteiger partial charge on any atom is -0.342 e. The quantitative estimate of drug-likeness (QED) is 0.818. The second-order valence-electron chi connectivity index (χ2n) is 5.80. The lowest BCUT2D eigenvalue weighted by atomic mass is 9.94. The number of nitrogens with one attached hydrogen (secondary N) is 1. The first kappa shape index (κ1) is 16.3. The fraction of sp³-hybridized carbons (Fsp3) is 0.438. The van der Waals surface area contributed by atoms with E-state index >= 15 is 0 Å². The smallest absolute Gasteiger partial charge is 0.106 e. The highest BCUT2D eigenvalue weighted by atomic mass is 35.5. The zero-order chi connectivity index (χ0) is 15.4. The summed E-state index contributed by atoms with van der Waals surface area (Å²) in [6, 6.07) is 5.46. The van der Waals surface area contributed by atoms with Crippen LogP contribution in [0.3, 0.4) is 0 Å². The standard InChI is InChI=1S/C16H21Cl2N3/c1-10(2)5-11(8-19)6-16-20-9-15(21-16)13-4-3-12(17)7-14(13)18/h3-4,7,9-11H,5-6,8,19H2,1-2H3,(H,20,21). The van der Waals surface area contributed by atoms with Crippen LogP contribution in [0.2, 0.25) is 10.0 Å². The Morgan fingerprint density at radius 3 is 2.67 bits per heavy atom. The first-order chi connectivity index (χ1) is 9.99. The van der Waals surface area contributed by atoms with Gasteiger partial charge in [0.25, 0.3) is 0 Å². The van der Waals surface area contributed by atoms with Crippen LogP contribution in [-0.2, 0) is 6.42 Å². The van der Waals surface area contributed by atoms with Gasteiger partial charge in [-0.1, -0.05) is 37.0 Å². The first-order valence-electron chi connectivity index (χ1n) is 7.19. The molecule has 3 N–H and O–H groups in total. The van der Waals surface area contributed by atoms with E-state index in [2.05, 4.69) is 23.8 Å². The number of nitrogens with two attached hydrogens (primary N) is 1. The average molecular weight is 326 g/mol. The summed E-state index contributed by atoms with van der Waals surface area (Å²) in [6.07, 6.45) is 3.78. The molecule has 0 saturated heterocycles. The number of halogens is 2. The molecule has 1 unspecified atom stereocenters. The molecule has 21 heavy (non-hydrogen) atoms. The number of hydrogen-bond acceptors (Lipinski definition) is 2. The number of benzene rings is 1. The highest BCUT2D eigenvalue weighted by Crippen LogP contribution is 2.29. The Balaban J connectivity index is 2.14. The Kier molecular flexibility index (Phi) is 5.68. The summed E-state index contributed by atoms with van der Waals surface area (Å²) < 4.78 is 0. The molecule has 0 aliphatic carbocycles. The molecule has 2 aromatic rings. The van der Waals surface area contributed by atoms with Gasteiger partial charge in [0.15, 0.2) is 0 Å². The Hall–Kier alpha value is -1.03. The van der Waals surface area contributed by atoms with E-state index in [4.69, 9.17) is 28.9 Å². The summed E-state index contributed by atoms with van der Waals surface area (Å²) in [5.41, 5.74) is 7.67. The van der Waals surface area contributed by atoms with Crippen molar-refractivity contribution in [3.8, 4) is 11.3 Å². The molecule has 5 heteroatoms. The Morgan fingerprint density at radius 2 is 2.05 bits per heavy atom. The zero-order valence-corrected chi connectivity index (χ0v) is 13.9. The molecule has 0 aliphatic heterocycles. The summed E-state index contributed by atoms with van der Waals surface area (Å²) in [4.78, 5) is 7.78. The number of nitrogens with zero attached hydrogens (tertiary/aromatic N) is 1. The van der Waals surface area contributed by atoms with Crippen molar-refractivity contribution in [2.45, 2.75) is 26.7 Å². The highest BCUT2D eigenvalue weighted by molar-refractivity contribution is 6.36. The third kappa shape index (κ3) is 4.47. The van der Waals surface area contributed by atoms with Crippen LogP contribution < -0.4 is 5.73 Å². The fourth-order valence-electron chi connectivity index (χ4n) is 2.51. The van der Waals surface area contributed by atoms with Crippen molar-refractivity contribution in [2.75, 3.05) is 6.54 Å². The lowest BCUT2D eigenvalue weighted by molar-refractivity contribution is 0.409. The third-order valence-corrected chi connectivity index (χ3v) is 4.02. The van der Waals surface area contributed by atoms with Gasteiger partial charge in [0.05, 0.1) is 16.9 Å². The van der Waals surface area contributed by atoms with E-state index in [1.165, 1.54) is 0 Å². The van der Waals surface area contributed by atoms with E-state index in [1.54, 1.807) is 6.07 Å². The molecule has 1 aromatic carbocycles.